The van der Waals surface area contributed by atoms with E-state index in [4.69, 9.17) is 0 Å². The van der Waals surface area contributed by atoms with Crippen molar-refractivity contribution in [1.29, 1.82) is 0 Å². The Balaban J connectivity index is 2.06. The highest BCUT2D eigenvalue weighted by Crippen LogP contribution is 2.25. The molecule has 0 aliphatic rings. The van der Waals surface area contributed by atoms with E-state index in [0.717, 1.165) is 3.57 Å². The van der Waals surface area contributed by atoms with E-state index >= 15 is 0 Å². The molecule has 110 valence electrons. The van der Waals surface area contributed by atoms with Crippen molar-refractivity contribution in [1.82, 2.24) is 4.98 Å². The molecule has 0 radical (unpaired) electrons. The van der Waals surface area contributed by atoms with Crippen molar-refractivity contribution in [2.24, 2.45) is 0 Å². The topological polar surface area (TPSA) is 82.2 Å². The molecule has 0 spiro atoms. The van der Waals surface area contributed by atoms with Crippen LogP contribution in [0.2, 0.25) is 0 Å². The predicted octanol–water partition coefficient (Wildman–Crippen LogP) is 3.09. The van der Waals surface area contributed by atoms with Gasteiger partial charge in [-0.1, -0.05) is 18.2 Å². The number of carbonyl (C=O) groups is 1. The number of benzene rings is 2. The van der Waals surface area contributed by atoms with E-state index in [9.17, 15) is 14.7 Å². The Kier molecular flexibility index (Phi) is 3.84. The summed E-state index contributed by atoms with van der Waals surface area (Å²) in [5.74, 6) is -0.964. The Bertz CT molecular complexity index is 934. The Hall–Kier alpha value is -2.35. The summed E-state index contributed by atoms with van der Waals surface area (Å²) in [4.78, 5) is 27.0. The Morgan fingerprint density at radius 1 is 1.14 bits per heavy atom. The van der Waals surface area contributed by atoms with Gasteiger partial charge < -0.3 is 15.4 Å². The van der Waals surface area contributed by atoms with Crippen molar-refractivity contribution in [2.75, 3.05) is 5.32 Å². The van der Waals surface area contributed by atoms with Crippen LogP contribution in [-0.4, -0.2) is 16.0 Å². The molecule has 5 nitrogen and oxygen atoms in total. The number of aromatic nitrogens is 1. The quantitative estimate of drug-likeness (QED) is 0.573. The Labute approximate surface area is 139 Å². The van der Waals surface area contributed by atoms with Crippen LogP contribution in [0.25, 0.3) is 10.9 Å². The Morgan fingerprint density at radius 3 is 2.68 bits per heavy atom. The van der Waals surface area contributed by atoms with E-state index in [1.807, 2.05) is 6.07 Å². The summed E-state index contributed by atoms with van der Waals surface area (Å²) in [5, 5.41) is 13.3. The maximum atomic E-state index is 12.3. The minimum atomic E-state index is -0.647. The monoisotopic (exact) mass is 406 g/mol. The van der Waals surface area contributed by atoms with Gasteiger partial charge >= 0.3 is 0 Å². The third-order valence-electron chi connectivity index (χ3n) is 3.20. The van der Waals surface area contributed by atoms with Crippen molar-refractivity contribution in [3.8, 4) is 5.75 Å². The van der Waals surface area contributed by atoms with Gasteiger partial charge in [-0.25, -0.2) is 0 Å². The summed E-state index contributed by atoms with van der Waals surface area (Å²) >= 11 is 2.12. The first-order valence-corrected chi connectivity index (χ1v) is 7.55. The molecule has 1 heterocycles. The van der Waals surface area contributed by atoms with Crippen LogP contribution >= 0.6 is 22.6 Å². The molecule has 2 aromatic carbocycles. The maximum absolute atomic E-state index is 12.3. The van der Waals surface area contributed by atoms with Crippen molar-refractivity contribution in [3.63, 3.8) is 0 Å². The van der Waals surface area contributed by atoms with Crippen molar-refractivity contribution in [2.45, 2.75) is 0 Å². The number of carbonyl (C=O) groups excluding carboxylic acids is 1. The number of aromatic hydroxyl groups is 1. The lowest BCUT2D eigenvalue weighted by atomic mass is 10.1. The number of aromatic amines is 1. The van der Waals surface area contributed by atoms with Gasteiger partial charge in [0.25, 0.3) is 11.5 Å². The lowest BCUT2D eigenvalue weighted by Gasteiger charge is -2.08. The number of fused-ring (bicyclic) bond motifs is 1. The zero-order valence-electron chi connectivity index (χ0n) is 11.3. The van der Waals surface area contributed by atoms with Crippen LogP contribution in [-0.2, 0) is 0 Å². The average Bonchev–Trinajstić information content (AvgIpc) is 2.47. The van der Waals surface area contributed by atoms with Crippen LogP contribution in [0.5, 0.6) is 5.75 Å². The van der Waals surface area contributed by atoms with Gasteiger partial charge in [0.1, 0.15) is 11.3 Å². The molecule has 1 aromatic heterocycles. The number of H-pyrrole nitrogens is 1. The molecule has 3 aromatic rings. The molecular formula is C16H11IN2O3. The van der Waals surface area contributed by atoms with Crippen molar-refractivity contribution < 1.29 is 9.90 Å². The van der Waals surface area contributed by atoms with Gasteiger partial charge in [0.15, 0.2) is 0 Å². The molecule has 0 aliphatic heterocycles. The molecule has 0 saturated carbocycles. The van der Waals surface area contributed by atoms with Crippen LogP contribution in [0.1, 0.15) is 10.4 Å². The highest BCUT2D eigenvalue weighted by molar-refractivity contribution is 14.1. The van der Waals surface area contributed by atoms with Crippen LogP contribution in [0.15, 0.2) is 53.3 Å². The molecule has 0 atom stereocenters. The number of anilines is 1. The highest BCUT2D eigenvalue weighted by Gasteiger charge is 2.19. The fraction of sp³-hybridized carbons (Fsp3) is 0. The second-order valence-electron chi connectivity index (χ2n) is 4.69. The van der Waals surface area contributed by atoms with Gasteiger partial charge in [-0.15, -0.1) is 0 Å². The first-order chi connectivity index (χ1) is 10.6. The zero-order valence-corrected chi connectivity index (χ0v) is 13.4. The van der Waals surface area contributed by atoms with Gasteiger partial charge in [-0.3, -0.25) is 9.59 Å². The molecular weight excluding hydrogens is 395 g/mol. The first kappa shape index (κ1) is 14.6. The van der Waals surface area contributed by atoms with Crippen molar-refractivity contribution >= 4 is 45.1 Å². The number of hydrogen-bond donors (Lipinski definition) is 3. The third-order valence-corrected chi connectivity index (χ3v) is 3.87. The van der Waals surface area contributed by atoms with Crippen LogP contribution in [0, 0.1) is 3.57 Å². The van der Waals surface area contributed by atoms with E-state index in [1.54, 1.807) is 42.5 Å². The SMILES string of the molecule is O=C(Nc1cccc(I)c1)c1c(O)c2ccccc2[nH]c1=O. The largest absolute Gasteiger partial charge is 0.506 e. The molecule has 3 rings (SSSR count). The zero-order chi connectivity index (χ0) is 15.7. The Morgan fingerprint density at radius 2 is 1.91 bits per heavy atom. The molecule has 3 N–H and O–H groups in total. The first-order valence-electron chi connectivity index (χ1n) is 6.47. The van der Waals surface area contributed by atoms with Gasteiger partial charge in [-0.05, 0) is 52.9 Å². The normalized spacial score (nSPS) is 10.6. The minimum absolute atomic E-state index is 0.294. The molecule has 0 aliphatic carbocycles. The van der Waals surface area contributed by atoms with Gasteiger partial charge in [-0.2, -0.15) is 0 Å². The number of nitrogens with one attached hydrogen (secondary N) is 2. The van der Waals surface area contributed by atoms with E-state index in [-0.39, 0.29) is 11.3 Å². The second kappa shape index (κ2) is 5.80. The summed E-state index contributed by atoms with van der Waals surface area (Å²) in [7, 11) is 0. The van der Waals surface area contributed by atoms with Crippen molar-refractivity contribution in [3.05, 3.63) is 68.0 Å². The molecule has 0 fully saturated rings. The smallest absolute Gasteiger partial charge is 0.265 e. The molecule has 6 heteroatoms. The lowest BCUT2D eigenvalue weighted by Crippen LogP contribution is -2.23. The van der Waals surface area contributed by atoms with Crippen LogP contribution in [0.4, 0.5) is 5.69 Å². The number of para-hydroxylation sites is 1. The molecule has 0 bridgehead atoms. The minimum Gasteiger partial charge on any atom is -0.506 e. The summed E-state index contributed by atoms with van der Waals surface area (Å²) in [5.41, 5.74) is 0.122. The summed E-state index contributed by atoms with van der Waals surface area (Å²) in [6, 6.07) is 13.9. The fourth-order valence-corrected chi connectivity index (χ4v) is 2.74. The number of amides is 1. The molecule has 0 saturated heterocycles. The number of halogens is 1. The van der Waals surface area contributed by atoms with Gasteiger partial charge in [0.2, 0.25) is 0 Å². The number of rotatable bonds is 2. The van der Waals surface area contributed by atoms with E-state index in [1.165, 1.54) is 0 Å². The second-order valence-corrected chi connectivity index (χ2v) is 5.93. The van der Waals surface area contributed by atoms with Gasteiger partial charge in [0, 0.05) is 14.6 Å². The van der Waals surface area contributed by atoms with Crippen LogP contribution < -0.4 is 10.9 Å². The standard InChI is InChI=1S/C16H11IN2O3/c17-9-4-3-5-10(8-9)18-15(21)13-14(20)11-6-1-2-7-12(11)19-16(13)22/h1-8H,(H,18,21)(H2,19,20,22). The summed E-state index contributed by atoms with van der Waals surface area (Å²) in [6.07, 6.45) is 0. The maximum Gasteiger partial charge on any atom is 0.265 e. The van der Waals surface area contributed by atoms with Gasteiger partial charge in [0.05, 0.1) is 5.52 Å². The molecule has 0 unspecified atom stereocenters. The lowest BCUT2D eigenvalue weighted by molar-refractivity contribution is 0.102. The average molecular weight is 406 g/mol. The number of hydrogen-bond acceptors (Lipinski definition) is 3. The van der Waals surface area contributed by atoms with E-state index in [0.29, 0.717) is 16.6 Å². The summed E-state index contributed by atoms with van der Waals surface area (Å²) in [6.45, 7) is 0. The third kappa shape index (κ3) is 2.69. The molecule has 1 amide bonds. The highest BCUT2D eigenvalue weighted by atomic mass is 127. The molecule has 22 heavy (non-hydrogen) atoms. The fourth-order valence-electron chi connectivity index (χ4n) is 2.20. The predicted molar refractivity (Wildman–Crippen MR) is 93.3 cm³/mol. The van der Waals surface area contributed by atoms with E-state index < -0.39 is 11.5 Å². The van der Waals surface area contributed by atoms with Crippen LogP contribution in [0.3, 0.4) is 0 Å². The number of pyridine rings is 1. The summed E-state index contributed by atoms with van der Waals surface area (Å²) < 4.78 is 0.951. The van der Waals surface area contributed by atoms with E-state index in [2.05, 4.69) is 32.9 Å².